The highest BCUT2D eigenvalue weighted by molar-refractivity contribution is 5.84. The van der Waals surface area contributed by atoms with Gasteiger partial charge < -0.3 is 19.5 Å². The van der Waals surface area contributed by atoms with E-state index in [9.17, 15) is 14.9 Å². The molecule has 0 spiro atoms. The van der Waals surface area contributed by atoms with Crippen molar-refractivity contribution >= 4 is 18.0 Å². The average Bonchev–Trinajstić information content (AvgIpc) is 2.75. The van der Waals surface area contributed by atoms with E-state index in [2.05, 4.69) is 31.4 Å². The third-order valence-electron chi connectivity index (χ3n) is 4.67. The topological polar surface area (TPSA) is 135 Å². The fourth-order valence-corrected chi connectivity index (χ4v) is 3.46. The van der Waals surface area contributed by atoms with Gasteiger partial charge in [0.15, 0.2) is 0 Å². The van der Waals surface area contributed by atoms with Gasteiger partial charge in [-0.2, -0.15) is 5.26 Å². The van der Waals surface area contributed by atoms with Gasteiger partial charge in [-0.1, -0.05) is 13.8 Å². The number of hydrogen-bond acceptors (Lipinski definition) is 8. The number of carbonyl (C=O) groups is 2. The molecule has 10 nitrogen and oxygen atoms in total. The Bertz CT molecular complexity index is 1090. The molecule has 0 bridgehead atoms. The summed E-state index contributed by atoms with van der Waals surface area (Å²) in [7, 11) is 1.26. The molecule has 2 amide bonds. The Kier molecular flexibility index (Phi) is 9.00. The summed E-state index contributed by atoms with van der Waals surface area (Å²) in [6.45, 7) is 11.4. The minimum absolute atomic E-state index is 0.0912. The van der Waals surface area contributed by atoms with Gasteiger partial charge in [0.05, 0.1) is 12.6 Å². The Labute approximate surface area is 206 Å². The van der Waals surface area contributed by atoms with Crippen LogP contribution in [-0.4, -0.2) is 47.0 Å². The van der Waals surface area contributed by atoms with E-state index in [4.69, 9.17) is 9.47 Å². The van der Waals surface area contributed by atoms with Gasteiger partial charge in [-0.3, -0.25) is 5.32 Å². The number of hydrogen-bond donors (Lipinski definition) is 2. The molecule has 1 atom stereocenters. The molecule has 188 valence electrons. The zero-order valence-corrected chi connectivity index (χ0v) is 21.3. The van der Waals surface area contributed by atoms with E-state index in [0.717, 1.165) is 0 Å². The van der Waals surface area contributed by atoms with Crippen LogP contribution in [0.15, 0.2) is 30.6 Å². The fraction of sp³-hybridized carbons (Fsp3) is 0.480. The summed E-state index contributed by atoms with van der Waals surface area (Å²) >= 11 is 0. The molecule has 0 aliphatic carbocycles. The van der Waals surface area contributed by atoms with Crippen LogP contribution in [-0.2, 0) is 9.47 Å². The maximum Gasteiger partial charge on any atom is 0.412 e. The van der Waals surface area contributed by atoms with E-state index in [-0.39, 0.29) is 24.0 Å². The lowest BCUT2D eigenvalue weighted by Crippen LogP contribution is -2.52. The predicted molar refractivity (Wildman–Crippen MR) is 131 cm³/mol. The highest BCUT2D eigenvalue weighted by Gasteiger charge is 2.31. The first-order valence-electron chi connectivity index (χ1n) is 11.2. The molecule has 1 unspecified atom stereocenters. The van der Waals surface area contributed by atoms with Gasteiger partial charge in [-0.25, -0.2) is 19.6 Å². The second-order valence-corrected chi connectivity index (χ2v) is 9.81. The van der Waals surface area contributed by atoms with Crippen molar-refractivity contribution in [2.45, 2.75) is 59.1 Å². The smallest absolute Gasteiger partial charge is 0.412 e. The minimum atomic E-state index is -0.747. The van der Waals surface area contributed by atoms with Crippen LogP contribution in [0.2, 0.25) is 0 Å². The van der Waals surface area contributed by atoms with Crippen molar-refractivity contribution in [1.82, 2.24) is 15.3 Å². The molecule has 2 rings (SSSR count). The van der Waals surface area contributed by atoms with Gasteiger partial charge in [0.25, 0.3) is 0 Å². The summed E-state index contributed by atoms with van der Waals surface area (Å²) in [6.07, 6.45) is 2.53. The molecule has 2 heterocycles. The zero-order chi connectivity index (χ0) is 26.2. The quantitative estimate of drug-likeness (QED) is 0.541. The SMILES string of the molecule is COC(=O)Nc1cc(-c2cnc(OCC(C)(CC(C)C)NC(=O)OC(C)(C)C)c(C#N)c2)ccn1. The largest absolute Gasteiger partial charge is 0.474 e. The number of aromatic nitrogens is 2. The van der Waals surface area contributed by atoms with Crippen molar-refractivity contribution in [2.24, 2.45) is 5.92 Å². The number of nitrogens with zero attached hydrogens (tertiary/aromatic N) is 3. The van der Waals surface area contributed by atoms with Crippen LogP contribution < -0.4 is 15.4 Å². The van der Waals surface area contributed by atoms with Crippen LogP contribution in [0.4, 0.5) is 15.4 Å². The predicted octanol–water partition coefficient (Wildman–Crippen LogP) is 4.90. The molecule has 35 heavy (non-hydrogen) atoms. The lowest BCUT2D eigenvalue weighted by molar-refractivity contribution is 0.0405. The van der Waals surface area contributed by atoms with Crippen LogP contribution in [0.1, 0.15) is 53.5 Å². The first-order chi connectivity index (χ1) is 16.3. The van der Waals surface area contributed by atoms with E-state index < -0.39 is 23.3 Å². The second kappa shape index (κ2) is 11.5. The third-order valence-corrected chi connectivity index (χ3v) is 4.67. The lowest BCUT2D eigenvalue weighted by Gasteiger charge is -2.33. The number of ether oxygens (including phenoxy) is 3. The van der Waals surface area contributed by atoms with E-state index in [0.29, 0.717) is 23.4 Å². The molecule has 2 aromatic rings. The monoisotopic (exact) mass is 483 g/mol. The molecule has 0 saturated heterocycles. The summed E-state index contributed by atoms with van der Waals surface area (Å²) in [5, 5.41) is 15.1. The summed E-state index contributed by atoms with van der Waals surface area (Å²) < 4.78 is 15.9. The van der Waals surface area contributed by atoms with Crippen molar-refractivity contribution in [2.75, 3.05) is 19.0 Å². The average molecular weight is 484 g/mol. The highest BCUT2D eigenvalue weighted by atomic mass is 16.6. The van der Waals surface area contributed by atoms with Gasteiger partial charge in [-0.15, -0.1) is 0 Å². The number of pyridine rings is 2. The molecular weight excluding hydrogens is 450 g/mol. The van der Waals surface area contributed by atoms with Crippen LogP contribution in [0.3, 0.4) is 0 Å². The molecule has 0 fully saturated rings. The summed E-state index contributed by atoms with van der Waals surface area (Å²) in [5.41, 5.74) is 0.183. The standard InChI is InChI=1S/C25H33N5O5/c1-16(2)12-25(6,30-23(32)35-24(3,4)5)15-34-21-18(13-26)10-19(14-28-21)17-8-9-27-20(11-17)29-22(31)33-7/h8-11,14,16H,12,15H2,1-7H3,(H,30,32)(H,27,29,31). The molecular formula is C25H33N5O5. The van der Waals surface area contributed by atoms with Crippen molar-refractivity contribution in [3.05, 3.63) is 36.2 Å². The number of nitriles is 1. The van der Waals surface area contributed by atoms with Gasteiger partial charge >= 0.3 is 12.2 Å². The lowest BCUT2D eigenvalue weighted by atomic mass is 9.91. The fourth-order valence-electron chi connectivity index (χ4n) is 3.46. The summed E-state index contributed by atoms with van der Waals surface area (Å²) in [6, 6.07) is 7.11. The Morgan fingerprint density at radius 3 is 2.43 bits per heavy atom. The van der Waals surface area contributed by atoms with Crippen molar-refractivity contribution in [1.29, 1.82) is 5.26 Å². The maximum atomic E-state index is 12.4. The first kappa shape index (κ1) is 27.4. The van der Waals surface area contributed by atoms with Crippen molar-refractivity contribution < 1.29 is 23.8 Å². The molecule has 2 N–H and O–H groups in total. The van der Waals surface area contributed by atoms with Crippen LogP contribution in [0, 0.1) is 17.2 Å². The molecule has 0 aliphatic rings. The Morgan fingerprint density at radius 1 is 1.11 bits per heavy atom. The summed E-state index contributed by atoms with van der Waals surface area (Å²) in [5.74, 6) is 0.717. The molecule has 0 radical (unpaired) electrons. The molecule has 0 saturated carbocycles. The molecule has 0 aromatic carbocycles. The Hall–Kier alpha value is -3.87. The first-order valence-corrected chi connectivity index (χ1v) is 11.2. The van der Waals surface area contributed by atoms with Crippen LogP contribution in [0.25, 0.3) is 11.1 Å². The normalized spacial score (nSPS) is 12.8. The molecule has 0 aliphatic heterocycles. The molecule has 10 heteroatoms. The Balaban J connectivity index is 2.22. The van der Waals surface area contributed by atoms with Crippen LogP contribution >= 0.6 is 0 Å². The Morgan fingerprint density at radius 2 is 1.83 bits per heavy atom. The van der Waals surface area contributed by atoms with Gasteiger partial charge in [0.1, 0.15) is 29.7 Å². The van der Waals surface area contributed by atoms with Crippen molar-refractivity contribution in [3.63, 3.8) is 0 Å². The summed E-state index contributed by atoms with van der Waals surface area (Å²) in [4.78, 5) is 32.3. The van der Waals surface area contributed by atoms with E-state index in [1.807, 2.05) is 20.8 Å². The second-order valence-electron chi connectivity index (χ2n) is 9.81. The molecule has 2 aromatic heterocycles. The van der Waals surface area contributed by atoms with E-state index >= 15 is 0 Å². The number of rotatable bonds is 8. The van der Waals surface area contributed by atoms with Crippen molar-refractivity contribution in [3.8, 4) is 23.1 Å². The number of nitrogens with one attached hydrogen (secondary N) is 2. The maximum absolute atomic E-state index is 12.4. The zero-order valence-electron chi connectivity index (χ0n) is 21.3. The van der Waals surface area contributed by atoms with E-state index in [1.165, 1.54) is 13.3 Å². The number of anilines is 1. The minimum Gasteiger partial charge on any atom is -0.474 e. The van der Waals surface area contributed by atoms with Gasteiger partial charge in [0, 0.05) is 18.0 Å². The number of carbonyl (C=O) groups excluding carboxylic acids is 2. The number of methoxy groups -OCH3 is 1. The number of alkyl carbamates (subject to hydrolysis) is 1. The third kappa shape index (κ3) is 8.77. The van der Waals surface area contributed by atoms with Gasteiger partial charge in [-0.05, 0) is 63.8 Å². The van der Waals surface area contributed by atoms with Crippen LogP contribution in [0.5, 0.6) is 5.88 Å². The number of amides is 2. The van der Waals surface area contributed by atoms with E-state index in [1.54, 1.807) is 45.2 Å². The van der Waals surface area contributed by atoms with Gasteiger partial charge in [0.2, 0.25) is 5.88 Å². The highest BCUT2D eigenvalue weighted by Crippen LogP contribution is 2.27.